The number of nitrogen functional groups attached to an aromatic ring is 1. The Hall–Kier alpha value is -3.77. The largest absolute Gasteiger partial charge is 0.480 e. The zero-order valence-corrected chi connectivity index (χ0v) is 14.6. The number of imidazole rings is 1. The SMILES string of the molecule is Nc1nc(NCC(=O)N[C@@H](Cc2ccccc2)C(=O)O)c2[nH]cnc2n1.O.O. The number of hydrogen-bond donors (Lipinski definition) is 5. The van der Waals surface area contributed by atoms with Crippen molar-refractivity contribution in [2.75, 3.05) is 17.6 Å². The summed E-state index contributed by atoms with van der Waals surface area (Å²) in [4.78, 5) is 38.4. The molecule has 2 heterocycles. The molecule has 0 fully saturated rings. The average Bonchev–Trinajstić information content (AvgIpc) is 3.08. The molecule has 0 aliphatic carbocycles. The molecule has 0 spiro atoms. The van der Waals surface area contributed by atoms with Gasteiger partial charge in [0.15, 0.2) is 11.5 Å². The minimum absolute atomic E-state index is 0. The third kappa shape index (κ3) is 5.36. The van der Waals surface area contributed by atoms with Gasteiger partial charge in [-0.05, 0) is 5.56 Å². The van der Waals surface area contributed by atoms with E-state index in [1.54, 1.807) is 12.1 Å². The highest BCUT2D eigenvalue weighted by atomic mass is 16.4. The van der Waals surface area contributed by atoms with Crippen LogP contribution in [-0.2, 0) is 16.0 Å². The monoisotopic (exact) mass is 391 g/mol. The first-order chi connectivity index (χ1) is 12.5. The van der Waals surface area contributed by atoms with Gasteiger partial charge < -0.3 is 37.4 Å². The van der Waals surface area contributed by atoms with Gasteiger partial charge in [0.05, 0.1) is 12.9 Å². The molecule has 0 aliphatic heterocycles. The summed E-state index contributed by atoms with van der Waals surface area (Å²) in [6.07, 6.45) is 1.62. The quantitative estimate of drug-likeness (QED) is 0.318. The van der Waals surface area contributed by atoms with Crippen LogP contribution < -0.4 is 16.4 Å². The number of H-pyrrole nitrogens is 1. The van der Waals surface area contributed by atoms with E-state index in [2.05, 4.69) is 30.6 Å². The standard InChI is InChI=1S/C16H17N7O3.2H2O/c17-16-22-13(12-14(23-16)20-8-19-12)18-7-11(24)21-10(15(25)26)6-9-4-2-1-3-5-9;;/h1-5,8,10H,6-7H2,(H,21,24)(H,25,26)(H4,17,18,19,20,22,23);2*1H2/t10-;;/m0../s1. The van der Waals surface area contributed by atoms with Crippen molar-refractivity contribution in [2.24, 2.45) is 0 Å². The first kappa shape index (κ1) is 22.3. The van der Waals surface area contributed by atoms with Gasteiger partial charge in [-0.3, -0.25) is 4.79 Å². The summed E-state index contributed by atoms with van der Waals surface area (Å²) in [5.41, 5.74) is 7.29. The first-order valence-corrected chi connectivity index (χ1v) is 7.79. The van der Waals surface area contributed by atoms with Crippen LogP contribution in [0.4, 0.5) is 11.8 Å². The summed E-state index contributed by atoms with van der Waals surface area (Å²) in [6.45, 7) is -0.177. The Kier molecular flexibility index (Phi) is 7.79. The fourth-order valence-corrected chi connectivity index (χ4v) is 2.44. The predicted molar refractivity (Wildman–Crippen MR) is 102 cm³/mol. The lowest BCUT2D eigenvalue weighted by Gasteiger charge is -2.15. The lowest BCUT2D eigenvalue weighted by molar-refractivity contribution is -0.141. The van der Waals surface area contributed by atoms with Crippen molar-refractivity contribution < 1.29 is 25.6 Å². The zero-order chi connectivity index (χ0) is 18.5. The van der Waals surface area contributed by atoms with E-state index >= 15 is 0 Å². The van der Waals surface area contributed by atoms with E-state index < -0.39 is 17.9 Å². The van der Waals surface area contributed by atoms with Crippen molar-refractivity contribution in [3.63, 3.8) is 0 Å². The highest BCUT2D eigenvalue weighted by Crippen LogP contribution is 2.16. The molecule has 28 heavy (non-hydrogen) atoms. The highest BCUT2D eigenvalue weighted by molar-refractivity contribution is 5.89. The summed E-state index contributed by atoms with van der Waals surface area (Å²) < 4.78 is 0. The van der Waals surface area contributed by atoms with Crippen molar-refractivity contribution in [1.29, 1.82) is 0 Å². The number of fused-ring (bicyclic) bond motifs is 1. The Morgan fingerprint density at radius 3 is 2.57 bits per heavy atom. The molecule has 150 valence electrons. The van der Waals surface area contributed by atoms with Crippen LogP contribution >= 0.6 is 0 Å². The van der Waals surface area contributed by atoms with E-state index in [-0.39, 0.29) is 29.9 Å². The summed E-state index contributed by atoms with van der Waals surface area (Å²) in [6, 6.07) is 8.04. The molecule has 0 saturated heterocycles. The van der Waals surface area contributed by atoms with Gasteiger partial charge in [-0.2, -0.15) is 9.97 Å². The number of nitrogens with zero attached hydrogens (tertiary/aromatic N) is 3. The molecule has 10 N–H and O–H groups in total. The number of hydrogen-bond acceptors (Lipinski definition) is 7. The number of anilines is 2. The van der Waals surface area contributed by atoms with Gasteiger partial charge in [0.2, 0.25) is 11.9 Å². The van der Waals surface area contributed by atoms with E-state index in [4.69, 9.17) is 5.73 Å². The maximum atomic E-state index is 12.1. The Labute approximate surface area is 158 Å². The number of carboxylic acid groups (broad SMARTS) is 1. The first-order valence-electron chi connectivity index (χ1n) is 7.79. The number of rotatable bonds is 7. The van der Waals surface area contributed by atoms with Crippen LogP contribution in [-0.4, -0.2) is 60.5 Å². The van der Waals surface area contributed by atoms with E-state index in [9.17, 15) is 14.7 Å². The number of nitrogens with one attached hydrogen (secondary N) is 3. The van der Waals surface area contributed by atoms with Crippen LogP contribution in [0.3, 0.4) is 0 Å². The number of carboxylic acids is 1. The summed E-state index contributed by atoms with van der Waals surface area (Å²) in [5.74, 6) is -1.27. The van der Waals surface area contributed by atoms with Crippen molar-refractivity contribution in [3.8, 4) is 0 Å². The average molecular weight is 391 g/mol. The minimum atomic E-state index is -1.11. The third-order valence-electron chi connectivity index (χ3n) is 3.64. The second-order valence-electron chi connectivity index (χ2n) is 5.53. The van der Waals surface area contributed by atoms with Crippen molar-refractivity contribution in [3.05, 3.63) is 42.2 Å². The maximum absolute atomic E-state index is 12.1. The third-order valence-corrected chi connectivity index (χ3v) is 3.64. The van der Waals surface area contributed by atoms with Gasteiger partial charge in [-0.25, -0.2) is 9.78 Å². The maximum Gasteiger partial charge on any atom is 0.326 e. The van der Waals surface area contributed by atoms with Crippen LogP contribution in [0.1, 0.15) is 5.56 Å². The molecule has 12 heteroatoms. The van der Waals surface area contributed by atoms with Crippen molar-refractivity contribution in [1.82, 2.24) is 25.3 Å². The second-order valence-corrected chi connectivity index (χ2v) is 5.53. The molecule has 0 saturated carbocycles. The van der Waals surface area contributed by atoms with Crippen LogP contribution in [0.2, 0.25) is 0 Å². The Bertz CT molecular complexity index is 932. The molecular weight excluding hydrogens is 370 g/mol. The van der Waals surface area contributed by atoms with Gasteiger partial charge in [-0.15, -0.1) is 0 Å². The molecule has 3 aromatic rings. The molecule has 0 unspecified atom stereocenters. The molecule has 1 amide bonds. The number of aromatic nitrogens is 4. The lowest BCUT2D eigenvalue weighted by Crippen LogP contribution is -2.44. The number of nitrogens with two attached hydrogens (primary N) is 1. The molecule has 1 atom stereocenters. The topological polar surface area (TPSA) is 222 Å². The molecule has 0 aliphatic rings. The van der Waals surface area contributed by atoms with Crippen LogP contribution in [0.5, 0.6) is 0 Å². The molecule has 2 aromatic heterocycles. The van der Waals surface area contributed by atoms with Crippen molar-refractivity contribution in [2.45, 2.75) is 12.5 Å². The highest BCUT2D eigenvalue weighted by Gasteiger charge is 2.20. The smallest absolute Gasteiger partial charge is 0.326 e. The number of carbonyl (C=O) groups is 2. The molecule has 3 rings (SSSR count). The van der Waals surface area contributed by atoms with Gasteiger partial charge in [-0.1, -0.05) is 30.3 Å². The molecule has 1 aromatic carbocycles. The van der Waals surface area contributed by atoms with Gasteiger partial charge in [0.25, 0.3) is 0 Å². The summed E-state index contributed by atoms with van der Waals surface area (Å²) >= 11 is 0. The van der Waals surface area contributed by atoms with E-state index in [1.165, 1.54) is 6.33 Å². The van der Waals surface area contributed by atoms with E-state index in [0.29, 0.717) is 17.0 Å². The van der Waals surface area contributed by atoms with Gasteiger partial charge >= 0.3 is 5.97 Å². The summed E-state index contributed by atoms with van der Waals surface area (Å²) in [5, 5.41) is 14.6. The number of carbonyl (C=O) groups excluding carboxylic acids is 1. The fourth-order valence-electron chi connectivity index (χ4n) is 2.44. The molecular formula is C16H21N7O5. The number of aliphatic carboxylic acids is 1. The van der Waals surface area contributed by atoms with Crippen LogP contribution in [0, 0.1) is 0 Å². The van der Waals surface area contributed by atoms with E-state index in [0.717, 1.165) is 5.56 Å². The van der Waals surface area contributed by atoms with Gasteiger partial charge in [0, 0.05) is 6.42 Å². The van der Waals surface area contributed by atoms with E-state index in [1.807, 2.05) is 18.2 Å². The molecule has 0 radical (unpaired) electrons. The minimum Gasteiger partial charge on any atom is -0.480 e. The number of amides is 1. The molecule has 12 nitrogen and oxygen atoms in total. The number of benzene rings is 1. The fraction of sp³-hybridized carbons (Fsp3) is 0.188. The Morgan fingerprint density at radius 1 is 1.18 bits per heavy atom. The Morgan fingerprint density at radius 2 is 1.89 bits per heavy atom. The van der Waals surface area contributed by atoms with Gasteiger partial charge in [0.1, 0.15) is 11.6 Å². The summed E-state index contributed by atoms with van der Waals surface area (Å²) in [7, 11) is 0. The van der Waals surface area contributed by atoms with Crippen LogP contribution in [0.15, 0.2) is 36.7 Å². The normalized spacial score (nSPS) is 11.0. The Balaban J connectivity index is 0.00000196. The molecule has 0 bridgehead atoms. The second kappa shape index (κ2) is 9.80. The lowest BCUT2D eigenvalue weighted by atomic mass is 10.1. The zero-order valence-electron chi connectivity index (χ0n) is 14.6. The number of aromatic amines is 1. The van der Waals surface area contributed by atoms with Crippen LogP contribution in [0.25, 0.3) is 11.2 Å². The predicted octanol–water partition coefficient (Wildman–Crippen LogP) is -1.49. The van der Waals surface area contributed by atoms with Crippen molar-refractivity contribution >= 4 is 34.8 Å².